The van der Waals surface area contributed by atoms with E-state index in [1.807, 2.05) is 10.9 Å². The molecule has 1 saturated carbocycles. The number of hydrogen-bond acceptors (Lipinski definition) is 2. The van der Waals surface area contributed by atoms with Crippen LogP contribution in [0.1, 0.15) is 50.3 Å². The maximum Gasteiger partial charge on any atom is 0.150 e. The molecule has 0 bridgehead atoms. The van der Waals surface area contributed by atoms with Crippen molar-refractivity contribution in [1.29, 1.82) is 0 Å². The molecule has 2 aromatic rings. The molecule has 112 valence electrons. The summed E-state index contributed by atoms with van der Waals surface area (Å²) in [6, 6.07) is 2.06. The molecule has 3 nitrogen and oxygen atoms in total. The maximum absolute atomic E-state index is 6.56. The summed E-state index contributed by atoms with van der Waals surface area (Å²) in [6.45, 7) is 3.09. The van der Waals surface area contributed by atoms with Gasteiger partial charge < -0.3 is 4.74 Å². The fourth-order valence-corrected chi connectivity index (χ4v) is 4.61. The Kier molecular flexibility index (Phi) is 3.51. The summed E-state index contributed by atoms with van der Waals surface area (Å²) in [4.78, 5) is 0. The molecule has 1 aromatic carbocycles. The van der Waals surface area contributed by atoms with Crippen molar-refractivity contribution in [2.75, 3.05) is 6.61 Å². The van der Waals surface area contributed by atoms with Crippen molar-refractivity contribution in [3.8, 4) is 0 Å². The zero-order valence-electron chi connectivity index (χ0n) is 12.0. The van der Waals surface area contributed by atoms with Gasteiger partial charge in [-0.3, -0.25) is 0 Å². The van der Waals surface area contributed by atoms with Gasteiger partial charge in [0, 0.05) is 21.5 Å². The average molecular weight is 370 g/mol. The van der Waals surface area contributed by atoms with Gasteiger partial charge in [0.2, 0.25) is 0 Å². The Labute approximate surface area is 137 Å². The Morgan fingerprint density at radius 2 is 2.24 bits per heavy atom. The van der Waals surface area contributed by atoms with Crippen molar-refractivity contribution in [1.82, 2.24) is 9.78 Å². The van der Waals surface area contributed by atoms with Crippen LogP contribution >= 0.6 is 27.5 Å². The maximum atomic E-state index is 6.56. The average Bonchev–Trinajstić information content (AvgIpc) is 3.03. The van der Waals surface area contributed by atoms with E-state index in [2.05, 4.69) is 34.0 Å². The minimum Gasteiger partial charge on any atom is -0.356 e. The van der Waals surface area contributed by atoms with E-state index in [4.69, 9.17) is 16.3 Å². The van der Waals surface area contributed by atoms with E-state index in [1.165, 1.54) is 18.4 Å². The van der Waals surface area contributed by atoms with Crippen LogP contribution < -0.4 is 0 Å². The molecule has 5 heteroatoms. The fourth-order valence-electron chi connectivity index (χ4n) is 3.34. The third-order valence-corrected chi connectivity index (χ3v) is 5.90. The number of aromatic nitrogens is 2. The molecule has 1 saturated heterocycles. The van der Waals surface area contributed by atoms with Crippen LogP contribution in [0.25, 0.3) is 10.9 Å². The molecule has 0 spiro atoms. The van der Waals surface area contributed by atoms with Crippen molar-refractivity contribution in [2.24, 2.45) is 5.92 Å². The van der Waals surface area contributed by atoms with Crippen LogP contribution in [-0.2, 0) is 4.74 Å². The smallest absolute Gasteiger partial charge is 0.150 e. The Morgan fingerprint density at radius 3 is 2.90 bits per heavy atom. The van der Waals surface area contributed by atoms with E-state index in [0.29, 0.717) is 5.92 Å². The van der Waals surface area contributed by atoms with E-state index in [0.717, 1.165) is 45.8 Å². The van der Waals surface area contributed by atoms with Crippen LogP contribution in [0.3, 0.4) is 0 Å². The quantitative estimate of drug-likeness (QED) is 0.720. The van der Waals surface area contributed by atoms with E-state index in [1.54, 1.807) is 0 Å². The molecule has 0 unspecified atom stereocenters. The van der Waals surface area contributed by atoms with Gasteiger partial charge in [0.15, 0.2) is 6.23 Å². The first kappa shape index (κ1) is 14.0. The highest BCUT2D eigenvalue weighted by molar-refractivity contribution is 9.10. The lowest BCUT2D eigenvalue weighted by molar-refractivity contribution is -0.0366. The van der Waals surface area contributed by atoms with Crippen molar-refractivity contribution in [3.63, 3.8) is 0 Å². The third-order valence-electron chi connectivity index (χ3n) is 4.74. The first-order valence-electron chi connectivity index (χ1n) is 7.63. The molecular weight excluding hydrogens is 352 g/mol. The van der Waals surface area contributed by atoms with E-state index in [9.17, 15) is 0 Å². The second kappa shape index (κ2) is 5.25. The van der Waals surface area contributed by atoms with Gasteiger partial charge in [-0.25, -0.2) is 4.68 Å². The molecule has 3 atom stereocenters. The second-order valence-electron chi connectivity index (χ2n) is 6.25. The monoisotopic (exact) mass is 368 g/mol. The second-order valence-corrected chi connectivity index (χ2v) is 7.45. The largest absolute Gasteiger partial charge is 0.356 e. The number of ether oxygens (including phenoxy) is 1. The van der Waals surface area contributed by atoms with Crippen molar-refractivity contribution in [2.45, 2.75) is 44.8 Å². The molecule has 4 rings (SSSR count). The van der Waals surface area contributed by atoms with E-state index >= 15 is 0 Å². The van der Waals surface area contributed by atoms with Gasteiger partial charge in [-0.15, -0.1) is 0 Å². The predicted octanol–water partition coefficient (Wildman–Crippen LogP) is 5.27. The molecule has 2 fully saturated rings. The van der Waals surface area contributed by atoms with Gasteiger partial charge in [0.05, 0.1) is 11.7 Å². The Balaban J connectivity index is 1.81. The van der Waals surface area contributed by atoms with Gasteiger partial charge in [-0.05, 0) is 65.1 Å². The number of rotatable bonds is 2. The first-order valence-corrected chi connectivity index (χ1v) is 8.80. The normalized spacial score (nSPS) is 29.0. The molecule has 21 heavy (non-hydrogen) atoms. The first-order chi connectivity index (χ1) is 10.2. The van der Waals surface area contributed by atoms with Crippen LogP contribution in [0.4, 0.5) is 0 Å². The molecule has 1 aliphatic carbocycles. The summed E-state index contributed by atoms with van der Waals surface area (Å²) in [5.41, 5.74) is 2.32. The highest BCUT2D eigenvalue weighted by Crippen LogP contribution is 2.53. The molecule has 0 amide bonds. The van der Waals surface area contributed by atoms with Crippen molar-refractivity contribution >= 4 is 38.4 Å². The zero-order chi connectivity index (χ0) is 14.6. The molecule has 0 N–H and O–H groups in total. The third kappa shape index (κ3) is 2.32. The molecule has 2 heterocycles. The van der Waals surface area contributed by atoms with Crippen LogP contribution in [0.15, 0.2) is 16.7 Å². The Hall–Kier alpha value is -0.580. The van der Waals surface area contributed by atoms with Gasteiger partial charge in [-0.2, -0.15) is 5.10 Å². The van der Waals surface area contributed by atoms with Crippen LogP contribution in [-0.4, -0.2) is 16.4 Å². The number of benzene rings is 1. The highest BCUT2D eigenvalue weighted by Gasteiger charge is 2.37. The van der Waals surface area contributed by atoms with Gasteiger partial charge in [-0.1, -0.05) is 18.5 Å². The van der Waals surface area contributed by atoms with Crippen LogP contribution in [0.2, 0.25) is 5.02 Å². The predicted molar refractivity (Wildman–Crippen MR) is 87.8 cm³/mol. The van der Waals surface area contributed by atoms with Gasteiger partial charge in [0.1, 0.15) is 0 Å². The van der Waals surface area contributed by atoms with Crippen LogP contribution in [0, 0.1) is 5.92 Å². The minimum atomic E-state index is 0.0462. The molecule has 1 aliphatic heterocycles. The standard InChI is InChI=1S/C16H18BrClN2O/c1-9-6-10(9)15-12(18)7-13-11(16(15)17)8-19-20(13)14-4-2-3-5-21-14/h7-10,14H,2-6H2,1H3/t9-,10-,14-/m1/s1. The molecule has 0 radical (unpaired) electrons. The molecule has 1 aromatic heterocycles. The summed E-state index contributed by atoms with van der Waals surface area (Å²) >= 11 is 10.3. The molecular formula is C16H18BrClN2O. The topological polar surface area (TPSA) is 27.1 Å². The van der Waals surface area contributed by atoms with E-state index < -0.39 is 0 Å². The van der Waals surface area contributed by atoms with Gasteiger partial charge >= 0.3 is 0 Å². The van der Waals surface area contributed by atoms with Crippen LogP contribution in [0.5, 0.6) is 0 Å². The Bertz CT molecular complexity index is 693. The number of halogens is 2. The summed E-state index contributed by atoms with van der Waals surface area (Å²) < 4.78 is 8.96. The lowest BCUT2D eigenvalue weighted by atomic mass is 10.1. The fraction of sp³-hybridized carbons (Fsp3) is 0.562. The highest BCUT2D eigenvalue weighted by atomic mass is 79.9. The van der Waals surface area contributed by atoms with Crippen molar-refractivity contribution in [3.05, 3.63) is 27.3 Å². The van der Waals surface area contributed by atoms with Crippen molar-refractivity contribution < 1.29 is 4.74 Å². The summed E-state index contributed by atoms with van der Waals surface area (Å²) in [5, 5.41) is 6.55. The number of hydrogen-bond donors (Lipinski definition) is 0. The summed E-state index contributed by atoms with van der Waals surface area (Å²) in [7, 11) is 0. The lowest BCUT2D eigenvalue weighted by Gasteiger charge is -2.23. The number of fused-ring (bicyclic) bond motifs is 1. The summed E-state index contributed by atoms with van der Waals surface area (Å²) in [5.74, 6) is 1.32. The lowest BCUT2D eigenvalue weighted by Crippen LogP contribution is -2.18. The molecule has 2 aliphatic rings. The zero-order valence-corrected chi connectivity index (χ0v) is 14.3. The van der Waals surface area contributed by atoms with E-state index in [-0.39, 0.29) is 6.23 Å². The summed E-state index contributed by atoms with van der Waals surface area (Å²) in [6.07, 6.45) is 6.56. The number of nitrogens with zero attached hydrogens (tertiary/aromatic N) is 2. The SMILES string of the molecule is C[C@@H]1C[C@H]1c1c(Cl)cc2c(cnn2[C@H]2CCCCO2)c1Br. The van der Waals surface area contributed by atoms with Gasteiger partial charge in [0.25, 0.3) is 0 Å². The minimum absolute atomic E-state index is 0.0462. The Morgan fingerprint density at radius 1 is 1.43 bits per heavy atom.